The van der Waals surface area contributed by atoms with Gasteiger partial charge in [0.1, 0.15) is 5.75 Å². The van der Waals surface area contributed by atoms with E-state index < -0.39 is 6.10 Å². The summed E-state index contributed by atoms with van der Waals surface area (Å²) >= 11 is 0. The Kier molecular flexibility index (Phi) is 7.93. The molecule has 0 unspecified atom stereocenters. The molecule has 4 N–H and O–H groups in total. The van der Waals surface area contributed by atoms with Crippen molar-refractivity contribution in [1.29, 1.82) is 0 Å². The van der Waals surface area contributed by atoms with Crippen LogP contribution in [0.5, 0.6) is 5.75 Å². The Balaban J connectivity index is 1.15. The molecule has 1 aliphatic carbocycles. The van der Waals surface area contributed by atoms with Crippen LogP contribution in [0.2, 0.25) is 0 Å². The van der Waals surface area contributed by atoms with E-state index in [0.29, 0.717) is 29.6 Å². The molecule has 7 heteroatoms. The number of aryl methyl sites for hydroxylation is 1. The zero-order valence-electron chi connectivity index (χ0n) is 21.6. The maximum atomic E-state index is 11.6. The van der Waals surface area contributed by atoms with E-state index in [-0.39, 0.29) is 11.3 Å². The van der Waals surface area contributed by atoms with Crippen molar-refractivity contribution in [3.8, 4) is 5.75 Å². The molecule has 1 fully saturated rings. The van der Waals surface area contributed by atoms with Crippen molar-refractivity contribution in [3.05, 3.63) is 76.2 Å². The number of H-pyrrole nitrogens is 1. The van der Waals surface area contributed by atoms with Gasteiger partial charge in [0.2, 0.25) is 5.56 Å². The third-order valence-electron chi connectivity index (χ3n) is 7.88. The van der Waals surface area contributed by atoms with Crippen LogP contribution in [0.25, 0.3) is 21.8 Å². The number of nitrogens with zero attached hydrogens (tertiary/aromatic N) is 2. The summed E-state index contributed by atoms with van der Waals surface area (Å²) in [7, 11) is 2.28. The number of aromatic nitrogens is 2. The first-order valence-corrected chi connectivity index (χ1v) is 13.5. The highest BCUT2D eigenvalue weighted by atomic mass is 16.3. The molecule has 7 nitrogen and oxygen atoms in total. The fourth-order valence-electron chi connectivity index (χ4n) is 5.76. The summed E-state index contributed by atoms with van der Waals surface area (Å²) in [5.74, 6) is -0.00640. The lowest BCUT2D eigenvalue weighted by molar-refractivity contribution is 0.176. The molecule has 0 spiro atoms. The second kappa shape index (κ2) is 11.5. The van der Waals surface area contributed by atoms with Gasteiger partial charge in [-0.2, -0.15) is 0 Å². The van der Waals surface area contributed by atoms with Crippen LogP contribution < -0.4 is 10.9 Å². The standard InChI is InChI=1S/C30H38N4O3/c1-33(23-6-3-2-4-7-23)15-5-16-34-17-14-22-18-21(8-11-26(22)34)19-31-20-28(36)24-9-12-27(35)30-25(24)10-13-29(37)32-30/h8-14,17-18,23,28,31,35-36H,2-7,15-16,19-20H2,1H3,(H,32,37)/t28-/m1/s1. The molecular weight excluding hydrogens is 464 g/mol. The molecule has 1 aliphatic rings. The van der Waals surface area contributed by atoms with Crippen LogP contribution in [0, 0.1) is 0 Å². The van der Waals surface area contributed by atoms with Crippen LogP contribution in [0.3, 0.4) is 0 Å². The number of hydrogen-bond acceptors (Lipinski definition) is 5. The molecule has 196 valence electrons. The van der Waals surface area contributed by atoms with Gasteiger partial charge in [0.15, 0.2) is 0 Å². The maximum absolute atomic E-state index is 11.6. The number of aromatic amines is 1. The molecule has 0 amide bonds. The van der Waals surface area contributed by atoms with E-state index in [0.717, 1.165) is 31.1 Å². The Morgan fingerprint density at radius 3 is 2.78 bits per heavy atom. The van der Waals surface area contributed by atoms with Crippen LogP contribution in [0.15, 0.2) is 59.5 Å². The van der Waals surface area contributed by atoms with E-state index in [1.807, 2.05) is 0 Å². The molecule has 2 heterocycles. The highest BCUT2D eigenvalue weighted by Gasteiger charge is 2.17. The van der Waals surface area contributed by atoms with Crippen molar-refractivity contribution < 1.29 is 10.2 Å². The monoisotopic (exact) mass is 502 g/mol. The second-order valence-corrected chi connectivity index (χ2v) is 10.5. The number of phenolic OH excluding ortho intramolecular Hbond substituents is 1. The number of nitrogens with one attached hydrogen (secondary N) is 2. The van der Waals surface area contributed by atoms with Gasteiger partial charge in [-0.3, -0.25) is 4.79 Å². The fraction of sp³-hybridized carbons (Fsp3) is 0.433. The quantitative estimate of drug-likeness (QED) is 0.253. The van der Waals surface area contributed by atoms with Crippen molar-refractivity contribution in [2.24, 2.45) is 0 Å². The van der Waals surface area contributed by atoms with Gasteiger partial charge >= 0.3 is 0 Å². The summed E-state index contributed by atoms with van der Waals surface area (Å²) in [6, 6.07) is 15.7. The van der Waals surface area contributed by atoms with Crippen LogP contribution in [0.4, 0.5) is 0 Å². The molecule has 0 saturated heterocycles. The number of aromatic hydroxyl groups is 1. The van der Waals surface area contributed by atoms with Crippen molar-refractivity contribution >= 4 is 21.8 Å². The van der Waals surface area contributed by atoms with Crippen LogP contribution in [0.1, 0.15) is 55.8 Å². The van der Waals surface area contributed by atoms with Gasteiger partial charge in [-0.15, -0.1) is 0 Å². The molecule has 1 saturated carbocycles. The zero-order valence-corrected chi connectivity index (χ0v) is 21.6. The fourth-order valence-corrected chi connectivity index (χ4v) is 5.76. The highest BCUT2D eigenvalue weighted by molar-refractivity contribution is 5.87. The Morgan fingerprint density at radius 1 is 1.11 bits per heavy atom. The van der Waals surface area contributed by atoms with E-state index in [4.69, 9.17) is 0 Å². The SMILES string of the molecule is CN(CCCn1ccc2cc(CNC[C@@H](O)c3ccc(O)c4[nH]c(=O)ccc34)ccc21)C1CCCCC1. The molecule has 0 radical (unpaired) electrons. The number of fused-ring (bicyclic) bond motifs is 2. The number of phenols is 1. The largest absolute Gasteiger partial charge is 0.506 e. The van der Waals surface area contributed by atoms with E-state index in [2.05, 4.69) is 57.3 Å². The lowest BCUT2D eigenvalue weighted by Gasteiger charge is -2.31. The van der Waals surface area contributed by atoms with Gasteiger partial charge in [0.05, 0.1) is 11.6 Å². The summed E-state index contributed by atoms with van der Waals surface area (Å²) in [5, 5.41) is 26.1. The van der Waals surface area contributed by atoms with Crippen molar-refractivity contribution in [3.63, 3.8) is 0 Å². The Labute approximate surface area is 217 Å². The molecule has 4 aromatic rings. The van der Waals surface area contributed by atoms with Gasteiger partial charge in [-0.1, -0.05) is 31.4 Å². The maximum Gasteiger partial charge on any atom is 0.248 e. The minimum atomic E-state index is -0.773. The van der Waals surface area contributed by atoms with Crippen LogP contribution >= 0.6 is 0 Å². The summed E-state index contributed by atoms with van der Waals surface area (Å²) in [4.78, 5) is 16.8. The Bertz CT molecular complexity index is 1400. The van der Waals surface area contributed by atoms with Crippen molar-refractivity contribution in [2.45, 2.75) is 63.8 Å². The topological polar surface area (TPSA) is 93.5 Å². The van der Waals surface area contributed by atoms with E-state index in [9.17, 15) is 15.0 Å². The van der Waals surface area contributed by atoms with E-state index in [1.165, 1.54) is 55.1 Å². The predicted molar refractivity (Wildman–Crippen MR) is 149 cm³/mol. The first kappa shape index (κ1) is 25.5. The van der Waals surface area contributed by atoms with Crippen molar-refractivity contribution in [2.75, 3.05) is 20.1 Å². The molecule has 1 atom stereocenters. The minimum Gasteiger partial charge on any atom is -0.506 e. The molecule has 0 bridgehead atoms. The molecule has 2 aromatic heterocycles. The number of aliphatic hydroxyl groups excluding tert-OH is 1. The molecule has 0 aliphatic heterocycles. The van der Waals surface area contributed by atoms with Crippen LogP contribution in [-0.4, -0.2) is 50.8 Å². The highest BCUT2D eigenvalue weighted by Crippen LogP contribution is 2.28. The lowest BCUT2D eigenvalue weighted by Crippen LogP contribution is -2.34. The average molecular weight is 503 g/mol. The number of aliphatic hydroxyl groups is 1. The average Bonchev–Trinajstić information content (AvgIpc) is 3.31. The van der Waals surface area contributed by atoms with E-state index in [1.54, 1.807) is 12.1 Å². The molecule has 2 aromatic carbocycles. The van der Waals surface area contributed by atoms with Gasteiger partial charge < -0.3 is 30.0 Å². The zero-order chi connectivity index (χ0) is 25.8. The first-order valence-electron chi connectivity index (χ1n) is 13.5. The molecular formula is C30H38N4O3. The normalized spacial score (nSPS) is 15.6. The lowest BCUT2D eigenvalue weighted by atomic mass is 9.94. The molecule has 37 heavy (non-hydrogen) atoms. The number of rotatable bonds is 10. The smallest absolute Gasteiger partial charge is 0.248 e. The van der Waals surface area contributed by atoms with Gasteiger partial charge in [-0.25, -0.2) is 0 Å². The third-order valence-corrected chi connectivity index (χ3v) is 7.88. The number of pyridine rings is 1. The second-order valence-electron chi connectivity index (χ2n) is 10.5. The first-order chi connectivity index (χ1) is 18.0. The Hall–Kier alpha value is -3.13. The van der Waals surface area contributed by atoms with Gasteiger partial charge in [0.25, 0.3) is 0 Å². The number of hydrogen-bond donors (Lipinski definition) is 4. The van der Waals surface area contributed by atoms with Crippen molar-refractivity contribution in [1.82, 2.24) is 19.8 Å². The summed E-state index contributed by atoms with van der Waals surface area (Å²) < 4.78 is 2.35. The predicted octanol–water partition coefficient (Wildman–Crippen LogP) is 4.67. The van der Waals surface area contributed by atoms with Gasteiger partial charge in [0, 0.05) is 48.8 Å². The third kappa shape index (κ3) is 5.90. The minimum absolute atomic E-state index is 0.00640. The van der Waals surface area contributed by atoms with Crippen LogP contribution in [-0.2, 0) is 13.1 Å². The summed E-state index contributed by atoms with van der Waals surface area (Å²) in [5.41, 5.74) is 3.14. The van der Waals surface area contributed by atoms with E-state index >= 15 is 0 Å². The summed E-state index contributed by atoms with van der Waals surface area (Å²) in [6.45, 7) is 3.15. The molecule has 5 rings (SSSR count). The Morgan fingerprint density at radius 2 is 1.95 bits per heavy atom. The summed E-state index contributed by atoms with van der Waals surface area (Å²) in [6.07, 6.45) is 9.42. The van der Waals surface area contributed by atoms with Gasteiger partial charge in [-0.05, 0) is 79.7 Å². The number of benzene rings is 2.